The van der Waals surface area contributed by atoms with Crippen LogP contribution >= 0.6 is 0 Å². The van der Waals surface area contributed by atoms with Gasteiger partial charge in [-0.2, -0.15) is 0 Å². The maximum Gasteiger partial charge on any atom is 0.356 e. The molecule has 1 N–H and O–H groups in total. The highest BCUT2D eigenvalue weighted by atomic mass is 19.1. The number of aliphatic hydroxyl groups excluding tert-OH is 1. The highest BCUT2D eigenvalue weighted by molar-refractivity contribution is 6.04. The molecule has 0 aromatic heterocycles. The second-order valence-electron chi connectivity index (χ2n) is 3.45. The minimum Gasteiger partial charge on any atom is -0.466 e. The summed E-state index contributed by atoms with van der Waals surface area (Å²) in [7, 11) is 1.93. The topological polar surface area (TPSA) is 72.8 Å². The van der Waals surface area contributed by atoms with Gasteiger partial charge in [0.1, 0.15) is 0 Å². The Morgan fingerprint density at radius 3 is 2.19 bits per heavy atom. The number of esters is 2. The normalized spacial score (nSPS) is 24.2. The van der Waals surface area contributed by atoms with Gasteiger partial charge in [0.05, 0.1) is 26.2 Å². The molecule has 1 aliphatic rings. The Morgan fingerprint density at radius 1 is 1.38 bits per heavy atom. The number of ether oxygens (including phenoxy) is 2. The summed E-state index contributed by atoms with van der Waals surface area (Å²) in [4.78, 5) is 22.6. The molecule has 1 aliphatic carbocycles. The van der Waals surface area contributed by atoms with Crippen LogP contribution in [0, 0.1) is 5.92 Å². The summed E-state index contributed by atoms with van der Waals surface area (Å²) < 4.78 is 22.9. The van der Waals surface area contributed by atoms with Gasteiger partial charge >= 0.3 is 17.6 Å². The average molecular weight is 232 g/mol. The van der Waals surface area contributed by atoms with Crippen molar-refractivity contribution in [1.29, 1.82) is 0 Å². The maximum absolute atomic E-state index is 14.4. The lowest BCUT2D eigenvalue weighted by Crippen LogP contribution is -2.52. The van der Waals surface area contributed by atoms with Crippen molar-refractivity contribution in [3.05, 3.63) is 12.2 Å². The Bertz CT molecular complexity index is 309. The second-order valence-corrected chi connectivity index (χ2v) is 3.45. The van der Waals surface area contributed by atoms with E-state index >= 15 is 0 Å². The number of halogens is 1. The summed E-state index contributed by atoms with van der Waals surface area (Å²) in [6.07, 6.45) is 1.82. The summed E-state index contributed by atoms with van der Waals surface area (Å²) in [5.41, 5.74) is -2.99. The maximum atomic E-state index is 14.4. The van der Waals surface area contributed by atoms with Gasteiger partial charge in [-0.05, 0) is 6.42 Å². The number of carbonyl (C=O) groups is 2. The summed E-state index contributed by atoms with van der Waals surface area (Å²) in [5.74, 6) is -4.00. The average Bonchev–Trinajstić information content (AvgIpc) is 2.72. The van der Waals surface area contributed by atoms with Gasteiger partial charge in [-0.25, -0.2) is 14.0 Å². The number of alkyl halides is 1. The van der Waals surface area contributed by atoms with Crippen molar-refractivity contribution >= 4 is 11.9 Å². The molecule has 6 heteroatoms. The molecule has 5 nitrogen and oxygen atoms in total. The van der Waals surface area contributed by atoms with Crippen LogP contribution in [0.2, 0.25) is 0 Å². The first-order valence-electron chi connectivity index (χ1n) is 4.69. The number of hydrogen-bond donors (Lipinski definition) is 1. The molecule has 0 radical (unpaired) electrons. The molecule has 0 saturated carbocycles. The molecule has 2 atom stereocenters. The molecule has 90 valence electrons. The molecule has 0 aliphatic heterocycles. The van der Waals surface area contributed by atoms with E-state index in [2.05, 4.69) is 9.47 Å². The van der Waals surface area contributed by atoms with Crippen LogP contribution in [0.5, 0.6) is 0 Å². The van der Waals surface area contributed by atoms with Gasteiger partial charge in [-0.15, -0.1) is 0 Å². The number of rotatable bonds is 3. The van der Waals surface area contributed by atoms with Crippen molar-refractivity contribution in [1.82, 2.24) is 0 Å². The Morgan fingerprint density at radius 2 is 1.88 bits per heavy atom. The van der Waals surface area contributed by atoms with Gasteiger partial charge in [0, 0.05) is 0 Å². The second kappa shape index (κ2) is 4.61. The Kier molecular flexibility index (Phi) is 3.64. The molecule has 0 bridgehead atoms. The van der Waals surface area contributed by atoms with E-state index in [0.29, 0.717) is 0 Å². The zero-order valence-corrected chi connectivity index (χ0v) is 8.97. The lowest BCUT2D eigenvalue weighted by atomic mass is 9.87. The molecular weight excluding hydrogens is 219 g/mol. The molecule has 0 spiro atoms. The molecule has 0 amide bonds. The molecule has 0 aromatic carbocycles. The highest BCUT2D eigenvalue weighted by Crippen LogP contribution is 2.34. The Labute approximate surface area is 91.8 Å². The third-order valence-corrected chi connectivity index (χ3v) is 2.56. The lowest BCUT2D eigenvalue weighted by Gasteiger charge is -2.27. The van der Waals surface area contributed by atoms with Crippen LogP contribution in [0.25, 0.3) is 0 Å². The third-order valence-electron chi connectivity index (χ3n) is 2.56. The van der Waals surface area contributed by atoms with Crippen molar-refractivity contribution in [3.63, 3.8) is 0 Å². The summed E-state index contributed by atoms with van der Waals surface area (Å²) in [6.45, 7) is 0. The van der Waals surface area contributed by atoms with Crippen LogP contribution < -0.4 is 0 Å². The minimum absolute atomic E-state index is 0.185. The fourth-order valence-electron chi connectivity index (χ4n) is 1.69. The lowest BCUT2D eigenvalue weighted by molar-refractivity contribution is -0.177. The standard InChI is InChI=1S/C10H13FO5/c1-15-8(13)10(11,9(14)16-2)6-4-3-5-7(6)12/h3-4,6-7,12H,5H2,1-2H3/t6-,7-/m0/s1. The SMILES string of the molecule is COC(=O)C(F)(C(=O)OC)[C@H]1C=CC[C@@H]1O. The number of carbonyl (C=O) groups excluding carboxylic acids is 2. The van der Waals surface area contributed by atoms with E-state index in [1.807, 2.05) is 0 Å². The summed E-state index contributed by atoms with van der Waals surface area (Å²) in [5, 5.41) is 9.50. The Hall–Kier alpha value is -1.43. The van der Waals surface area contributed by atoms with Gasteiger partial charge in [-0.3, -0.25) is 0 Å². The first kappa shape index (κ1) is 12.6. The van der Waals surface area contributed by atoms with Crippen molar-refractivity contribution in [2.24, 2.45) is 5.92 Å². The monoisotopic (exact) mass is 232 g/mol. The van der Waals surface area contributed by atoms with Crippen molar-refractivity contribution < 1.29 is 28.6 Å². The van der Waals surface area contributed by atoms with Gasteiger partial charge in [0.15, 0.2) is 0 Å². The van der Waals surface area contributed by atoms with Crippen LogP contribution in [0.15, 0.2) is 12.2 Å². The largest absolute Gasteiger partial charge is 0.466 e. The minimum atomic E-state index is -2.99. The van der Waals surface area contributed by atoms with E-state index in [1.54, 1.807) is 0 Å². The first-order valence-corrected chi connectivity index (χ1v) is 4.69. The van der Waals surface area contributed by atoms with Crippen LogP contribution in [-0.2, 0) is 19.1 Å². The van der Waals surface area contributed by atoms with Crippen LogP contribution in [0.1, 0.15) is 6.42 Å². The van der Waals surface area contributed by atoms with Gasteiger partial charge in [-0.1, -0.05) is 12.2 Å². The highest BCUT2D eigenvalue weighted by Gasteiger charge is 2.58. The van der Waals surface area contributed by atoms with E-state index in [1.165, 1.54) is 12.2 Å². The van der Waals surface area contributed by atoms with Gasteiger partial charge in [0.25, 0.3) is 0 Å². The summed E-state index contributed by atoms with van der Waals surface area (Å²) >= 11 is 0. The van der Waals surface area contributed by atoms with Crippen LogP contribution in [0.4, 0.5) is 4.39 Å². The van der Waals surface area contributed by atoms with Crippen molar-refractivity contribution in [3.8, 4) is 0 Å². The van der Waals surface area contributed by atoms with Crippen LogP contribution in [-0.4, -0.2) is 43.0 Å². The molecular formula is C10H13FO5. The zero-order chi connectivity index (χ0) is 12.3. The van der Waals surface area contributed by atoms with E-state index in [9.17, 15) is 19.1 Å². The van der Waals surface area contributed by atoms with Gasteiger partial charge in [0.2, 0.25) is 0 Å². The van der Waals surface area contributed by atoms with E-state index in [4.69, 9.17) is 0 Å². The molecule has 16 heavy (non-hydrogen) atoms. The summed E-state index contributed by atoms with van der Waals surface area (Å²) in [6, 6.07) is 0. The van der Waals surface area contributed by atoms with Crippen molar-refractivity contribution in [2.45, 2.75) is 18.2 Å². The molecule has 0 heterocycles. The predicted octanol–water partition coefficient (Wildman–Crippen LogP) is -0.0223. The molecule has 0 aromatic rings. The predicted molar refractivity (Wildman–Crippen MR) is 51.1 cm³/mol. The fraction of sp³-hybridized carbons (Fsp3) is 0.600. The van der Waals surface area contributed by atoms with Gasteiger partial charge < -0.3 is 14.6 Å². The van der Waals surface area contributed by atoms with E-state index < -0.39 is 29.6 Å². The third kappa shape index (κ3) is 1.80. The quantitative estimate of drug-likeness (QED) is 0.420. The molecule has 1 rings (SSSR count). The number of aliphatic hydroxyl groups is 1. The van der Waals surface area contributed by atoms with E-state index in [0.717, 1.165) is 14.2 Å². The van der Waals surface area contributed by atoms with E-state index in [-0.39, 0.29) is 6.42 Å². The number of hydrogen-bond acceptors (Lipinski definition) is 5. The molecule has 0 unspecified atom stereocenters. The first-order chi connectivity index (χ1) is 7.48. The zero-order valence-electron chi connectivity index (χ0n) is 8.97. The fourth-order valence-corrected chi connectivity index (χ4v) is 1.69. The Balaban J connectivity index is 3.08. The molecule has 0 saturated heterocycles. The van der Waals surface area contributed by atoms with Crippen molar-refractivity contribution in [2.75, 3.05) is 14.2 Å². The smallest absolute Gasteiger partial charge is 0.356 e. The number of methoxy groups -OCH3 is 2. The van der Waals surface area contributed by atoms with Crippen LogP contribution in [0.3, 0.4) is 0 Å². The molecule has 0 fully saturated rings.